The highest BCUT2D eigenvalue weighted by Gasteiger charge is 2.47. The lowest BCUT2D eigenvalue weighted by Crippen LogP contribution is -2.29. The predicted molar refractivity (Wildman–Crippen MR) is 107 cm³/mol. The number of benzene rings is 3. The molecule has 2 aliphatic rings. The van der Waals surface area contributed by atoms with E-state index < -0.39 is 5.41 Å². The van der Waals surface area contributed by atoms with Gasteiger partial charge < -0.3 is 5.73 Å². The van der Waals surface area contributed by atoms with Crippen LogP contribution in [0.15, 0.2) is 108 Å². The SMILES string of the molecule is Nc1ccc2c(c1)C(C1=C=C=CC=C1)(c1ccccc1)c1ccccc1-2. The van der Waals surface area contributed by atoms with Gasteiger partial charge in [-0.2, -0.15) is 0 Å². The van der Waals surface area contributed by atoms with Crippen molar-refractivity contribution >= 4 is 5.69 Å². The molecule has 26 heavy (non-hydrogen) atoms. The van der Waals surface area contributed by atoms with Crippen molar-refractivity contribution in [1.29, 1.82) is 0 Å². The molecule has 122 valence electrons. The summed E-state index contributed by atoms with van der Waals surface area (Å²) in [6.07, 6.45) is 6.06. The molecule has 0 bridgehead atoms. The lowest BCUT2D eigenvalue weighted by Gasteiger charge is -2.33. The van der Waals surface area contributed by atoms with Crippen LogP contribution in [-0.2, 0) is 5.41 Å². The van der Waals surface area contributed by atoms with E-state index in [0.29, 0.717) is 0 Å². The van der Waals surface area contributed by atoms with Gasteiger partial charge in [-0.3, -0.25) is 0 Å². The Hall–Kier alpha value is -3.50. The van der Waals surface area contributed by atoms with Gasteiger partial charge in [0.15, 0.2) is 0 Å². The lowest BCUT2D eigenvalue weighted by atomic mass is 9.67. The molecule has 0 fully saturated rings. The van der Waals surface area contributed by atoms with E-state index in [1.54, 1.807) is 0 Å². The molecule has 0 saturated carbocycles. The molecule has 0 spiro atoms. The summed E-state index contributed by atoms with van der Waals surface area (Å²) in [6.45, 7) is 0. The van der Waals surface area contributed by atoms with Gasteiger partial charge in [0.05, 0.1) is 5.41 Å². The highest BCUT2D eigenvalue weighted by atomic mass is 14.6. The van der Waals surface area contributed by atoms with Crippen molar-refractivity contribution in [2.45, 2.75) is 5.41 Å². The molecule has 0 saturated heterocycles. The van der Waals surface area contributed by atoms with E-state index in [1.807, 2.05) is 18.2 Å². The molecule has 0 radical (unpaired) electrons. The van der Waals surface area contributed by atoms with Gasteiger partial charge in [0.1, 0.15) is 0 Å². The van der Waals surface area contributed by atoms with Crippen LogP contribution < -0.4 is 5.73 Å². The second kappa shape index (κ2) is 5.51. The molecule has 1 unspecified atom stereocenters. The van der Waals surface area contributed by atoms with Gasteiger partial charge in [-0.25, -0.2) is 0 Å². The second-order valence-electron chi connectivity index (χ2n) is 6.68. The van der Waals surface area contributed by atoms with E-state index in [1.165, 1.54) is 27.8 Å². The van der Waals surface area contributed by atoms with Crippen molar-refractivity contribution < 1.29 is 0 Å². The van der Waals surface area contributed by atoms with Gasteiger partial charge in [0.25, 0.3) is 0 Å². The third kappa shape index (κ3) is 1.87. The Kier molecular flexibility index (Phi) is 3.14. The molecule has 1 nitrogen and oxygen atoms in total. The molecule has 3 aromatic carbocycles. The molecule has 2 aliphatic carbocycles. The van der Waals surface area contributed by atoms with Gasteiger partial charge in [-0.05, 0) is 52.1 Å². The van der Waals surface area contributed by atoms with E-state index in [2.05, 4.69) is 84.3 Å². The summed E-state index contributed by atoms with van der Waals surface area (Å²) in [5, 5.41) is 0. The Labute approximate surface area is 153 Å². The molecule has 0 aliphatic heterocycles. The maximum atomic E-state index is 6.22. The summed E-state index contributed by atoms with van der Waals surface area (Å²) in [6, 6.07) is 25.5. The van der Waals surface area contributed by atoms with Crippen LogP contribution in [0.25, 0.3) is 11.1 Å². The summed E-state index contributed by atoms with van der Waals surface area (Å²) in [5.41, 5.74) is 20.4. The first-order chi connectivity index (χ1) is 12.8. The van der Waals surface area contributed by atoms with Gasteiger partial charge in [0.2, 0.25) is 0 Å². The molecular formula is C25H17N. The minimum absolute atomic E-state index is 0.430. The van der Waals surface area contributed by atoms with Crippen LogP contribution in [0.5, 0.6) is 0 Å². The molecule has 0 heterocycles. The van der Waals surface area contributed by atoms with Crippen LogP contribution in [-0.4, -0.2) is 0 Å². The first-order valence-electron chi connectivity index (χ1n) is 8.76. The minimum Gasteiger partial charge on any atom is -0.399 e. The summed E-state index contributed by atoms with van der Waals surface area (Å²) in [5.74, 6) is 0. The van der Waals surface area contributed by atoms with Crippen LogP contribution >= 0.6 is 0 Å². The van der Waals surface area contributed by atoms with Crippen LogP contribution in [0.1, 0.15) is 16.7 Å². The third-order valence-electron chi connectivity index (χ3n) is 5.33. The molecular weight excluding hydrogens is 314 g/mol. The van der Waals surface area contributed by atoms with Gasteiger partial charge in [-0.15, -0.1) is 0 Å². The maximum absolute atomic E-state index is 6.22. The molecule has 0 aromatic heterocycles. The molecule has 0 amide bonds. The van der Waals surface area contributed by atoms with Crippen molar-refractivity contribution in [2.75, 3.05) is 5.73 Å². The number of rotatable bonds is 2. The number of nitrogens with two attached hydrogens (primary N) is 1. The fourth-order valence-electron chi connectivity index (χ4n) is 4.31. The molecule has 5 rings (SSSR count). The van der Waals surface area contributed by atoms with Crippen molar-refractivity contribution in [3.8, 4) is 11.1 Å². The molecule has 1 heteroatoms. The summed E-state index contributed by atoms with van der Waals surface area (Å²) < 4.78 is 0. The second-order valence-corrected chi connectivity index (χ2v) is 6.68. The molecule has 3 aromatic rings. The third-order valence-corrected chi connectivity index (χ3v) is 5.33. The molecule has 1 atom stereocenters. The van der Waals surface area contributed by atoms with Gasteiger partial charge in [-0.1, -0.05) is 78.2 Å². The summed E-state index contributed by atoms with van der Waals surface area (Å²) in [4.78, 5) is 0. The Morgan fingerprint density at radius 3 is 2.35 bits per heavy atom. The standard InChI is InChI=1S/C25H17N/c26-20-15-16-22-21-13-7-8-14-23(21)25(24(22)17-20,18-9-3-1-4-10-18)19-11-5-2-6-12-19/h1-5,7-11,13-17H,26H2. The van der Waals surface area contributed by atoms with Crippen LogP contribution in [0.4, 0.5) is 5.69 Å². The van der Waals surface area contributed by atoms with Crippen molar-refractivity contribution in [3.05, 3.63) is 125 Å². The smallest absolute Gasteiger partial charge is 0.0793 e. The first-order valence-corrected chi connectivity index (χ1v) is 8.76. The largest absolute Gasteiger partial charge is 0.399 e. The van der Waals surface area contributed by atoms with Crippen molar-refractivity contribution in [1.82, 2.24) is 0 Å². The van der Waals surface area contributed by atoms with Crippen LogP contribution in [0.2, 0.25) is 0 Å². The number of allylic oxidation sites excluding steroid dienone is 4. The Bertz CT molecular complexity index is 1150. The average Bonchev–Trinajstić information content (AvgIpc) is 3.00. The van der Waals surface area contributed by atoms with E-state index in [0.717, 1.165) is 11.3 Å². The van der Waals surface area contributed by atoms with Crippen molar-refractivity contribution in [2.24, 2.45) is 0 Å². The molecule has 2 N–H and O–H groups in total. The topological polar surface area (TPSA) is 26.0 Å². The first kappa shape index (κ1) is 14.8. The Balaban J connectivity index is 2.01. The highest BCUT2D eigenvalue weighted by Crippen LogP contribution is 2.56. The number of anilines is 1. The fourth-order valence-corrected chi connectivity index (χ4v) is 4.31. The van der Waals surface area contributed by atoms with E-state index in [4.69, 9.17) is 5.73 Å². The quantitative estimate of drug-likeness (QED) is 0.494. The monoisotopic (exact) mass is 331 g/mol. The zero-order valence-electron chi connectivity index (χ0n) is 14.2. The summed E-state index contributed by atoms with van der Waals surface area (Å²) in [7, 11) is 0. The predicted octanol–water partition coefficient (Wildman–Crippen LogP) is 5.39. The van der Waals surface area contributed by atoms with Gasteiger partial charge in [0, 0.05) is 11.3 Å². The zero-order chi connectivity index (χ0) is 17.6. The Morgan fingerprint density at radius 2 is 1.54 bits per heavy atom. The number of nitrogen functional groups attached to an aromatic ring is 1. The van der Waals surface area contributed by atoms with E-state index in [-0.39, 0.29) is 0 Å². The maximum Gasteiger partial charge on any atom is 0.0793 e. The number of hydrogen-bond donors (Lipinski definition) is 1. The summed E-state index contributed by atoms with van der Waals surface area (Å²) >= 11 is 0. The Morgan fingerprint density at radius 1 is 0.769 bits per heavy atom. The van der Waals surface area contributed by atoms with Crippen LogP contribution in [0, 0.1) is 0 Å². The number of fused-ring (bicyclic) bond motifs is 3. The van der Waals surface area contributed by atoms with Crippen molar-refractivity contribution in [3.63, 3.8) is 0 Å². The zero-order valence-corrected chi connectivity index (χ0v) is 14.2. The van der Waals surface area contributed by atoms with Crippen LogP contribution in [0.3, 0.4) is 0 Å². The normalized spacial score (nSPS) is 19.2. The average molecular weight is 331 g/mol. The lowest BCUT2D eigenvalue weighted by molar-refractivity contribution is 0.768. The minimum atomic E-state index is -0.430. The van der Waals surface area contributed by atoms with E-state index in [9.17, 15) is 0 Å². The fraction of sp³-hybridized carbons (Fsp3) is 0.0400. The number of hydrogen-bond acceptors (Lipinski definition) is 1. The van der Waals surface area contributed by atoms with E-state index >= 15 is 0 Å². The highest BCUT2D eigenvalue weighted by molar-refractivity contribution is 5.87. The van der Waals surface area contributed by atoms with Gasteiger partial charge >= 0.3 is 0 Å².